The molecule has 49 heavy (non-hydrogen) atoms. The number of carbonyl (C=O) groups is 2. The van der Waals surface area contributed by atoms with Crippen molar-refractivity contribution in [2.45, 2.75) is 76.5 Å². The van der Waals surface area contributed by atoms with Crippen molar-refractivity contribution in [3.63, 3.8) is 0 Å². The number of halogens is 1. The molecule has 1 aliphatic carbocycles. The van der Waals surface area contributed by atoms with Crippen LogP contribution in [-0.2, 0) is 13.5 Å². The van der Waals surface area contributed by atoms with E-state index in [9.17, 15) is 14.0 Å². The van der Waals surface area contributed by atoms with Gasteiger partial charge < -0.3 is 25.6 Å². The molecule has 2 aromatic carbocycles. The van der Waals surface area contributed by atoms with Crippen molar-refractivity contribution in [1.29, 1.82) is 0 Å². The molecule has 2 aromatic heterocycles. The fourth-order valence-electron chi connectivity index (χ4n) is 6.96. The van der Waals surface area contributed by atoms with Gasteiger partial charge in [0.25, 0.3) is 11.8 Å². The van der Waals surface area contributed by atoms with E-state index in [0.717, 1.165) is 55.9 Å². The molecular formula is C38H46FN7O3. The van der Waals surface area contributed by atoms with E-state index in [4.69, 9.17) is 4.74 Å². The van der Waals surface area contributed by atoms with Crippen LogP contribution in [0.15, 0.2) is 73.1 Å². The predicted octanol–water partition coefficient (Wildman–Crippen LogP) is 5.50. The molecule has 2 amide bonds. The number of piperazine rings is 1. The van der Waals surface area contributed by atoms with E-state index in [0.29, 0.717) is 49.2 Å². The molecule has 0 bridgehead atoms. The summed E-state index contributed by atoms with van der Waals surface area (Å²) in [6.45, 7) is 7.79. The number of hydrogen-bond acceptors (Lipinski definition) is 7. The van der Waals surface area contributed by atoms with Crippen molar-refractivity contribution >= 4 is 11.8 Å². The van der Waals surface area contributed by atoms with Gasteiger partial charge in [-0.1, -0.05) is 36.4 Å². The number of aryl methyl sites for hydroxylation is 2. The quantitative estimate of drug-likeness (QED) is 0.194. The fraction of sp³-hybridized carbons (Fsp3) is 0.421. The number of nitrogens with one attached hydrogen (secondary N) is 3. The van der Waals surface area contributed by atoms with Gasteiger partial charge >= 0.3 is 0 Å². The standard InChI is InChI=1S/C38H46FN7O3/c1-25-23-46(24-26(2)41-25)18-5-6-27-9-11-28(12-10-27)29-7-4-8-33(20-29)49-38-34(21-30(39)22-40-38)36(47)42-31-13-15-32(16-14-31)43-37(48)35-17-19-45(3)44-35/h4,7-12,17,19-22,25-26,31-32,41H,5-6,13-16,18,23-24H2,1-3H3,(H,42,47)(H,43,48)/t25-,26+,31?,32?. The van der Waals surface area contributed by atoms with Gasteiger partial charge in [-0.25, -0.2) is 9.37 Å². The highest BCUT2D eigenvalue weighted by atomic mass is 19.1. The van der Waals surface area contributed by atoms with Crippen LogP contribution in [0, 0.1) is 5.82 Å². The topological polar surface area (TPSA) is 113 Å². The third kappa shape index (κ3) is 9.30. The molecule has 258 valence electrons. The highest BCUT2D eigenvalue weighted by molar-refractivity contribution is 5.96. The molecule has 1 saturated carbocycles. The highest BCUT2D eigenvalue weighted by Crippen LogP contribution is 2.29. The normalized spacial score (nSPS) is 21.2. The molecule has 1 aliphatic heterocycles. The maximum absolute atomic E-state index is 14.3. The first-order valence-corrected chi connectivity index (χ1v) is 17.3. The second-order valence-corrected chi connectivity index (χ2v) is 13.5. The third-order valence-electron chi connectivity index (χ3n) is 9.32. The minimum atomic E-state index is -0.621. The summed E-state index contributed by atoms with van der Waals surface area (Å²) in [6.07, 6.45) is 7.69. The van der Waals surface area contributed by atoms with Crippen LogP contribution in [0.1, 0.15) is 72.4 Å². The summed E-state index contributed by atoms with van der Waals surface area (Å²) in [5.41, 5.74) is 3.74. The number of benzene rings is 2. The first-order valence-electron chi connectivity index (χ1n) is 17.3. The smallest absolute Gasteiger partial charge is 0.271 e. The van der Waals surface area contributed by atoms with Crippen LogP contribution in [0.4, 0.5) is 4.39 Å². The lowest BCUT2D eigenvalue weighted by Gasteiger charge is -2.36. The van der Waals surface area contributed by atoms with E-state index >= 15 is 0 Å². The van der Waals surface area contributed by atoms with Gasteiger partial charge in [-0.05, 0) is 99.9 Å². The lowest BCUT2D eigenvalue weighted by Crippen LogP contribution is -2.54. The summed E-state index contributed by atoms with van der Waals surface area (Å²) in [5.74, 6) is -0.738. The first kappa shape index (κ1) is 34.3. The van der Waals surface area contributed by atoms with Gasteiger partial charge in [0.1, 0.15) is 22.8 Å². The van der Waals surface area contributed by atoms with E-state index in [1.165, 1.54) is 5.56 Å². The SMILES string of the molecule is C[C@@H]1CN(CCCc2ccc(-c3cccc(Oc4ncc(F)cc4C(=O)NC4CCC(NC(=O)c5ccn(C)n5)CC4)c3)cc2)C[C@H](C)N1. The lowest BCUT2D eigenvalue weighted by atomic mass is 9.91. The third-order valence-corrected chi connectivity index (χ3v) is 9.32. The Kier molecular flexibility index (Phi) is 11.0. The van der Waals surface area contributed by atoms with E-state index in [-0.39, 0.29) is 29.4 Å². The Morgan fingerprint density at radius 3 is 2.29 bits per heavy atom. The number of carbonyl (C=O) groups excluding carboxylic acids is 2. The maximum Gasteiger partial charge on any atom is 0.271 e. The van der Waals surface area contributed by atoms with Gasteiger partial charge in [0.2, 0.25) is 5.88 Å². The summed E-state index contributed by atoms with van der Waals surface area (Å²) in [5, 5.41) is 13.8. The monoisotopic (exact) mass is 667 g/mol. The number of pyridine rings is 1. The molecule has 1 saturated heterocycles. The van der Waals surface area contributed by atoms with Crippen molar-refractivity contribution < 1.29 is 18.7 Å². The molecule has 3 heterocycles. The Morgan fingerprint density at radius 1 is 0.918 bits per heavy atom. The van der Waals surface area contributed by atoms with Crippen LogP contribution >= 0.6 is 0 Å². The molecule has 10 nitrogen and oxygen atoms in total. The van der Waals surface area contributed by atoms with Crippen molar-refractivity contribution in [2.24, 2.45) is 7.05 Å². The van der Waals surface area contributed by atoms with Gasteiger partial charge in [0.05, 0.1) is 6.20 Å². The first-order chi connectivity index (χ1) is 23.7. The molecule has 3 N–H and O–H groups in total. The van der Waals surface area contributed by atoms with Crippen LogP contribution < -0.4 is 20.7 Å². The Balaban J connectivity index is 1.03. The maximum atomic E-state index is 14.3. The van der Waals surface area contributed by atoms with Crippen LogP contribution in [0.3, 0.4) is 0 Å². The number of amides is 2. The number of hydrogen-bond donors (Lipinski definition) is 3. The van der Waals surface area contributed by atoms with Crippen LogP contribution in [0.5, 0.6) is 11.6 Å². The Labute approximate surface area is 287 Å². The average molecular weight is 668 g/mol. The highest BCUT2D eigenvalue weighted by Gasteiger charge is 2.26. The Bertz CT molecular complexity index is 1730. The van der Waals surface area contributed by atoms with Crippen LogP contribution in [0.25, 0.3) is 11.1 Å². The number of ether oxygens (including phenoxy) is 1. The lowest BCUT2D eigenvalue weighted by molar-refractivity contribution is 0.0887. The molecule has 4 aromatic rings. The Morgan fingerprint density at radius 2 is 1.61 bits per heavy atom. The molecule has 0 unspecified atom stereocenters. The van der Waals surface area contributed by atoms with Gasteiger partial charge in [0, 0.05) is 50.5 Å². The fourth-order valence-corrected chi connectivity index (χ4v) is 6.96. The number of aromatic nitrogens is 3. The van der Waals surface area contributed by atoms with E-state index < -0.39 is 11.7 Å². The summed E-state index contributed by atoms with van der Waals surface area (Å²) in [6, 6.07) is 20.0. The zero-order valence-corrected chi connectivity index (χ0v) is 28.5. The molecule has 2 aliphatic rings. The zero-order chi connectivity index (χ0) is 34.3. The second kappa shape index (κ2) is 15.7. The van der Waals surface area contributed by atoms with Gasteiger partial charge in [-0.3, -0.25) is 14.3 Å². The largest absolute Gasteiger partial charge is 0.438 e. The van der Waals surface area contributed by atoms with Gasteiger partial charge in [0.15, 0.2) is 0 Å². The van der Waals surface area contributed by atoms with Crippen molar-refractivity contribution in [3.05, 3.63) is 95.7 Å². The van der Waals surface area contributed by atoms with Crippen molar-refractivity contribution in [1.82, 2.24) is 35.6 Å². The van der Waals surface area contributed by atoms with Crippen molar-refractivity contribution in [3.8, 4) is 22.8 Å². The predicted molar refractivity (Wildman–Crippen MR) is 187 cm³/mol. The molecule has 0 radical (unpaired) electrons. The minimum absolute atomic E-state index is 0.00344. The molecular weight excluding hydrogens is 621 g/mol. The zero-order valence-electron chi connectivity index (χ0n) is 28.5. The second-order valence-electron chi connectivity index (χ2n) is 13.5. The number of rotatable bonds is 11. The molecule has 11 heteroatoms. The van der Waals surface area contributed by atoms with E-state index in [2.05, 4.69) is 69.0 Å². The molecule has 0 spiro atoms. The minimum Gasteiger partial charge on any atom is -0.438 e. The number of nitrogens with zero attached hydrogens (tertiary/aromatic N) is 4. The van der Waals surface area contributed by atoms with Crippen molar-refractivity contribution in [2.75, 3.05) is 19.6 Å². The molecule has 6 rings (SSSR count). The molecule has 2 fully saturated rings. The van der Waals surface area contributed by atoms with Crippen LogP contribution in [0.2, 0.25) is 0 Å². The summed E-state index contributed by atoms with van der Waals surface area (Å²) in [4.78, 5) is 32.5. The average Bonchev–Trinajstić information content (AvgIpc) is 3.53. The summed E-state index contributed by atoms with van der Waals surface area (Å²) < 4.78 is 22.0. The van der Waals surface area contributed by atoms with E-state index in [1.807, 2.05) is 18.2 Å². The Hall–Kier alpha value is -4.61. The van der Waals surface area contributed by atoms with Crippen LogP contribution in [-0.4, -0.2) is 75.3 Å². The van der Waals surface area contributed by atoms with E-state index in [1.54, 1.807) is 30.1 Å². The summed E-state index contributed by atoms with van der Waals surface area (Å²) >= 11 is 0. The molecule has 2 atom stereocenters. The van der Waals surface area contributed by atoms with Gasteiger partial charge in [-0.15, -0.1) is 0 Å². The van der Waals surface area contributed by atoms with Gasteiger partial charge in [-0.2, -0.15) is 5.10 Å². The summed E-state index contributed by atoms with van der Waals surface area (Å²) in [7, 11) is 1.77.